The fourth-order valence-electron chi connectivity index (χ4n) is 3.88. The van der Waals surface area contributed by atoms with Crippen LogP contribution >= 0.6 is 0 Å². The summed E-state index contributed by atoms with van der Waals surface area (Å²) in [6, 6.07) is 38.4. The van der Waals surface area contributed by atoms with Crippen LogP contribution < -0.4 is 10.4 Å². The normalized spacial score (nSPS) is 12.4. The summed E-state index contributed by atoms with van der Waals surface area (Å²) in [5, 5.41) is 2.18. The molecule has 0 radical (unpaired) electrons. The number of fused-ring (bicyclic) bond motifs is 3. The van der Waals surface area contributed by atoms with E-state index in [2.05, 4.69) is 107 Å². The molecule has 0 spiro atoms. The Kier molecular flexibility index (Phi) is 3.96. The second-order valence-corrected chi connectivity index (χ2v) is 6.74. The molecule has 2 heteroatoms. The quantitative estimate of drug-likeness (QED) is 0.448. The first kappa shape index (κ1) is 15.9. The lowest BCUT2D eigenvalue weighted by Crippen LogP contribution is -2.36. The molecule has 0 fully saturated rings. The molecule has 27 heavy (non-hydrogen) atoms. The molecule has 0 heterocycles. The first-order chi connectivity index (χ1) is 13.4. The number of anilines is 2. The molecule has 0 aromatic heterocycles. The van der Waals surface area contributed by atoms with Gasteiger partial charge in [0, 0.05) is 0 Å². The third kappa shape index (κ3) is 2.80. The molecule has 5 rings (SSSR count). The van der Waals surface area contributed by atoms with Crippen LogP contribution in [0.5, 0.6) is 0 Å². The first-order valence-corrected chi connectivity index (χ1v) is 9.26. The van der Waals surface area contributed by atoms with Gasteiger partial charge < -0.3 is 0 Å². The van der Waals surface area contributed by atoms with E-state index in [1.165, 1.54) is 22.3 Å². The predicted octanol–water partition coefficient (Wildman–Crippen LogP) is 6.10. The second kappa shape index (κ2) is 6.75. The molecule has 0 saturated carbocycles. The van der Waals surface area contributed by atoms with E-state index >= 15 is 0 Å². The standard InChI is InChI=1S/C25H20N2/c1-3-11-19(12-4-1)27(20-13-5-2-6-14-20)26-25-23-17-9-7-15-21(23)22-16-8-10-18-24(22)25/h1-18,25-26H. The summed E-state index contributed by atoms with van der Waals surface area (Å²) in [7, 11) is 0. The molecule has 0 amide bonds. The van der Waals surface area contributed by atoms with Crippen LogP contribution in [0.15, 0.2) is 109 Å². The largest absolute Gasteiger partial charge is 0.276 e. The zero-order chi connectivity index (χ0) is 18.1. The van der Waals surface area contributed by atoms with E-state index in [9.17, 15) is 0 Å². The van der Waals surface area contributed by atoms with Crippen molar-refractivity contribution < 1.29 is 0 Å². The van der Waals surface area contributed by atoms with Crippen molar-refractivity contribution in [2.24, 2.45) is 0 Å². The van der Waals surface area contributed by atoms with Gasteiger partial charge in [0.25, 0.3) is 0 Å². The Morgan fingerprint density at radius 3 is 1.37 bits per heavy atom. The Balaban J connectivity index is 1.61. The van der Waals surface area contributed by atoms with Gasteiger partial charge in [0.1, 0.15) is 0 Å². The van der Waals surface area contributed by atoms with Crippen molar-refractivity contribution >= 4 is 11.4 Å². The van der Waals surface area contributed by atoms with Gasteiger partial charge in [-0.1, -0.05) is 84.9 Å². The molecular weight excluding hydrogens is 328 g/mol. The third-order valence-electron chi connectivity index (χ3n) is 5.12. The summed E-state index contributed by atoms with van der Waals surface area (Å²) >= 11 is 0. The number of para-hydroxylation sites is 2. The monoisotopic (exact) mass is 348 g/mol. The van der Waals surface area contributed by atoms with Crippen molar-refractivity contribution in [2.75, 3.05) is 5.01 Å². The number of hydrogen-bond donors (Lipinski definition) is 1. The Bertz CT molecular complexity index is 973. The van der Waals surface area contributed by atoms with Crippen molar-refractivity contribution in [1.29, 1.82) is 0 Å². The summed E-state index contributed by atoms with van der Waals surface area (Å²) in [5.74, 6) is 0. The van der Waals surface area contributed by atoms with Crippen LogP contribution in [0.3, 0.4) is 0 Å². The number of benzene rings is 4. The van der Waals surface area contributed by atoms with E-state index in [1.807, 2.05) is 12.1 Å². The molecule has 0 aliphatic heterocycles. The fourth-order valence-corrected chi connectivity index (χ4v) is 3.88. The highest BCUT2D eigenvalue weighted by atomic mass is 15.5. The van der Waals surface area contributed by atoms with E-state index in [1.54, 1.807) is 0 Å². The van der Waals surface area contributed by atoms with Crippen molar-refractivity contribution in [3.8, 4) is 11.1 Å². The van der Waals surface area contributed by atoms with Crippen LogP contribution in [0, 0.1) is 0 Å². The van der Waals surface area contributed by atoms with Gasteiger partial charge in [-0.25, -0.2) is 5.43 Å². The maximum atomic E-state index is 3.79. The van der Waals surface area contributed by atoms with Crippen LogP contribution in [0.4, 0.5) is 11.4 Å². The molecular formula is C25H20N2. The van der Waals surface area contributed by atoms with E-state index in [0.717, 1.165) is 11.4 Å². The van der Waals surface area contributed by atoms with Crippen molar-refractivity contribution in [1.82, 2.24) is 5.43 Å². The molecule has 0 unspecified atom stereocenters. The number of nitrogens with zero attached hydrogens (tertiary/aromatic N) is 1. The van der Waals surface area contributed by atoms with Crippen LogP contribution in [0.2, 0.25) is 0 Å². The number of nitrogens with one attached hydrogen (secondary N) is 1. The van der Waals surface area contributed by atoms with Gasteiger partial charge in [0.05, 0.1) is 17.4 Å². The number of hydrogen-bond acceptors (Lipinski definition) is 2. The van der Waals surface area contributed by atoms with Crippen LogP contribution in [0.1, 0.15) is 17.2 Å². The topological polar surface area (TPSA) is 15.3 Å². The maximum Gasteiger partial charge on any atom is 0.0778 e. The third-order valence-corrected chi connectivity index (χ3v) is 5.12. The van der Waals surface area contributed by atoms with Crippen LogP contribution in [-0.4, -0.2) is 0 Å². The molecule has 2 nitrogen and oxygen atoms in total. The zero-order valence-electron chi connectivity index (χ0n) is 14.9. The summed E-state index contributed by atoms with van der Waals surface area (Å²) in [4.78, 5) is 0. The molecule has 1 aliphatic rings. The highest BCUT2D eigenvalue weighted by Gasteiger charge is 2.29. The van der Waals surface area contributed by atoms with Gasteiger partial charge in [-0.15, -0.1) is 0 Å². The lowest BCUT2D eigenvalue weighted by atomic mass is 10.1. The Labute approximate surface area is 159 Å². The maximum absolute atomic E-state index is 3.79. The molecule has 4 aromatic carbocycles. The molecule has 0 bridgehead atoms. The molecule has 0 atom stereocenters. The molecule has 1 aliphatic carbocycles. The van der Waals surface area contributed by atoms with Gasteiger partial charge in [-0.3, -0.25) is 5.01 Å². The first-order valence-electron chi connectivity index (χ1n) is 9.26. The molecule has 4 aromatic rings. The van der Waals surface area contributed by atoms with Crippen LogP contribution in [-0.2, 0) is 0 Å². The average molecular weight is 348 g/mol. The van der Waals surface area contributed by atoms with Gasteiger partial charge in [-0.05, 0) is 46.5 Å². The number of rotatable bonds is 4. The Morgan fingerprint density at radius 1 is 0.481 bits per heavy atom. The summed E-state index contributed by atoms with van der Waals surface area (Å²) < 4.78 is 0. The second-order valence-electron chi connectivity index (χ2n) is 6.74. The minimum atomic E-state index is 0.109. The number of hydrazine groups is 1. The summed E-state index contributed by atoms with van der Waals surface area (Å²) in [6.07, 6.45) is 0. The van der Waals surface area contributed by atoms with Crippen LogP contribution in [0.25, 0.3) is 11.1 Å². The minimum absolute atomic E-state index is 0.109. The van der Waals surface area contributed by atoms with E-state index < -0.39 is 0 Å². The van der Waals surface area contributed by atoms with E-state index in [0.29, 0.717) is 0 Å². The lowest BCUT2D eigenvalue weighted by molar-refractivity contribution is 0.627. The van der Waals surface area contributed by atoms with E-state index in [-0.39, 0.29) is 6.04 Å². The SMILES string of the molecule is c1ccc(N(NC2c3ccccc3-c3ccccc32)c2ccccc2)cc1. The smallest absolute Gasteiger partial charge is 0.0778 e. The average Bonchev–Trinajstić information content (AvgIpc) is 3.07. The Hall–Kier alpha value is -3.36. The molecule has 130 valence electrons. The summed E-state index contributed by atoms with van der Waals surface area (Å²) in [5.41, 5.74) is 11.3. The molecule has 0 saturated heterocycles. The molecule has 1 N–H and O–H groups in total. The van der Waals surface area contributed by atoms with Gasteiger partial charge in [0.15, 0.2) is 0 Å². The summed E-state index contributed by atoms with van der Waals surface area (Å²) in [6.45, 7) is 0. The predicted molar refractivity (Wildman–Crippen MR) is 112 cm³/mol. The van der Waals surface area contributed by atoms with Gasteiger partial charge in [0.2, 0.25) is 0 Å². The van der Waals surface area contributed by atoms with Gasteiger partial charge >= 0.3 is 0 Å². The zero-order valence-corrected chi connectivity index (χ0v) is 14.9. The minimum Gasteiger partial charge on any atom is -0.276 e. The van der Waals surface area contributed by atoms with Crippen molar-refractivity contribution in [3.05, 3.63) is 120 Å². The van der Waals surface area contributed by atoms with E-state index in [4.69, 9.17) is 0 Å². The Morgan fingerprint density at radius 2 is 0.889 bits per heavy atom. The van der Waals surface area contributed by atoms with Crippen molar-refractivity contribution in [3.63, 3.8) is 0 Å². The fraction of sp³-hybridized carbons (Fsp3) is 0.0400. The highest BCUT2D eigenvalue weighted by molar-refractivity contribution is 5.79. The lowest BCUT2D eigenvalue weighted by Gasteiger charge is -2.30. The highest BCUT2D eigenvalue weighted by Crippen LogP contribution is 2.44. The van der Waals surface area contributed by atoms with Crippen molar-refractivity contribution in [2.45, 2.75) is 6.04 Å². The van der Waals surface area contributed by atoms with Gasteiger partial charge in [-0.2, -0.15) is 0 Å².